The molecule has 0 aliphatic carbocycles. The van der Waals surface area contributed by atoms with E-state index in [1.807, 2.05) is 19.1 Å². The van der Waals surface area contributed by atoms with E-state index < -0.39 is 0 Å². The normalized spacial score (nSPS) is 10.9. The van der Waals surface area contributed by atoms with Gasteiger partial charge in [-0.2, -0.15) is 10.2 Å². The van der Waals surface area contributed by atoms with Gasteiger partial charge in [-0.05, 0) is 50.1 Å². The van der Waals surface area contributed by atoms with Crippen molar-refractivity contribution in [2.75, 3.05) is 0 Å². The summed E-state index contributed by atoms with van der Waals surface area (Å²) in [6, 6.07) is 10.4. The molecule has 3 nitrogen and oxygen atoms in total. The maximum atomic E-state index is 4.51. The average Bonchev–Trinajstić information content (AvgIpc) is 2.41. The van der Waals surface area contributed by atoms with Gasteiger partial charge in [-0.3, -0.25) is 4.98 Å². The van der Waals surface area contributed by atoms with Crippen LogP contribution in [0.25, 0.3) is 22.2 Å². The molecule has 2 aromatic heterocycles. The van der Waals surface area contributed by atoms with Crippen molar-refractivity contribution in [3.63, 3.8) is 0 Å². The first-order chi connectivity index (χ1) is 9.15. The lowest BCUT2D eigenvalue weighted by molar-refractivity contribution is 1.00. The van der Waals surface area contributed by atoms with E-state index in [1.54, 1.807) is 6.20 Å². The summed E-state index contributed by atoms with van der Waals surface area (Å²) in [6.07, 6.45) is 1.80. The Morgan fingerprint density at radius 1 is 0.947 bits per heavy atom. The third kappa shape index (κ3) is 2.08. The number of rotatable bonds is 1. The molecule has 94 valence electrons. The van der Waals surface area contributed by atoms with E-state index >= 15 is 0 Å². The Kier molecular flexibility index (Phi) is 2.75. The van der Waals surface area contributed by atoms with Gasteiger partial charge in [0.05, 0.1) is 17.4 Å². The van der Waals surface area contributed by atoms with E-state index in [4.69, 9.17) is 0 Å². The third-order valence-corrected chi connectivity index (χ3v) is 3.46. The molecule has 0 aliphatic rings. The number of nitrogens with zero attached hydrogens (tertiary/aromatic N) is 3. The van der Waals surface area contributed by atoms with Crippen LogP contribution in [-0.2, 0) is 0 Å². The van der Waals surface area contributed by atoms with Gasteiger partial charge in [-0.25, -0.2) is 0 Å². The Morgan fingerprint density at radius 2 is 1.79 bits per heavy atom. The minimum absolute atomic E-state index is 0.947. The Morgan fingerprint density at radius 3 is 2.63 bits per heavy atom. The second-order valence-electron chi connectivity index (χ2n) is 4.86. The van der Waals surface area contributed by atoms with Crippen molar-refractivity contribution in [2.24, 2.45) is 0 Å². The van der Waals surface area contributed by atoms with Crippen LogP contribution >= 0.6 is 0 Å². The van der Waals surface area contributed by atoms with Gasteiger partial charge >= 0.3 is 0 Å². The lowest BCUT2D eigenvalue weighted by Gasteiger charge is -2.07. The zero-order valence-electron chi connectivity index (χ0n) is 11.3. The molecule has 0 radical (unpaired) electrons. The van der Waals surface area contributed by atoms with Crippen LogP contribution in [-0.4, -0.2) is 15.2 Å². The van der Waals surface area contributed by atoms with Gasteiger partial charge in [0.15, 0.2) is 0 Å². The monoisotopic (exact) mass is 249 g/mol. The standard InChI is InChI=1S/C16H15N3/c1-10-9-17-19-16(12(10)3)14-6-7-15-13(8-14)5-4-11(2)18-15/h4-9H,1-3H3. The van der Waals surface area contributed by atoms with Crippen LogP contribution < -0.4 is 0 Å². The van der Waals surface area contributed by atoms with E-state index in [9.17, 15) is 0 Å². The van der Waals surface area contributed by atoms with Crippen molar-refractivity contribution in [3.8, 4) is 11.3 Å². The topological polar surface area (TPSA) is 38.7 Å². The van der Waals surface area contributed by atoms with Crippen molar-refractivity contribution in [3.05, 3.63) is 53.3 Å². The summed E-state index contributed by atoms with van der Waals surface area (Å²) < 4.78 is 0. The lowest BCUT2D eigenvalue weighted by Crippen LogP contribution is -1.94. The van der Waals surface area contributed by atoms with Crippen LogP contribution in [0.2, 0.25) is 0 Å². The average molecular weight is 249 g/mol. The Labute approximate surface area is 112 Å². The highest BCUT2D eigenvalue weighted by Crippen LogP contribution is 2.25. The molecule has 3 rings (SSSR count). The van der Waals surface area contributed by atoms with Crippen molar-refractivity contribution in [2.45, 2.75) is 20.8 Å². The molecule has 0 bridgehead atoms. The minimum Gasteiger partial charge on any atom is -0.253 e. The number of benzene rings is 1. The number of fused-ring (bicyclic) bond motifs is 1. The molecule has 2 heterocycles. The zero-order chi connectivity index (χ0) is 13.4. The maximum absolute atomic E-state index is 4.51. The fraction of sp³-hybridized carbons (Fsp3) is 0.188. The number of hydrogen-bond acceptors (Lipinski definition) is 3. The molecular weight excluding hydrogens is 234 g/mol. The summed E-state index contributed by atoms with van der Waals surface area (Å²) in [5.74, 6) is 0. The first kappa shape index (κ1) is 11.8. The molecule has 0 unspecified atom stereocenters. The van der Waals surface area contributed by atoms with Gasteiger partial charge < -0.3 is 0 Å². The highest BCUT2D eigenvalue weighted by Gasteiger charge is 2.07. The van der Waals surface area contributed by atoms with Crippen LogP contribution in [0.15, 0.2) is 36.5 Å². The molecule has 1 aromatic carbocycles. The molecular formula is C16H15N3. The molecule has 0 N–H and O–H groups in total. The van der Waals surface area contributed by atoms with Gasteiger partial charge in [0.1, 0.15) is 0 Å². The largest absolute Gasteiger partial charge is 0.253 e. The van der Waals surface area contributed by atoms with E-state index in [1.165, 1.54) is 5.56 Å². The predicted octanol–water partition coefficient (Wildman–Crippen LogP) is 3.62. The molecule has 0 fully saturated rings. The first-order valence-corrected chi connectivity index (χ1v) is 6.32. The first-order valence-electron chi connectivity index (χ1n) is 6.32. The van der Waals surface area contributed by atoms with Crippen molar-refractivity contribution in [1.82, 2.24) is 15.2 Å². The molecule has 3 aromatic rings. The Balaban J connectivity index is 2.20. The summed E-state index contributed by atoms with van der Waals surface area (Å²) in [6.45, 7) is 6.14. The second kappa shape index (κ2) is 4.43. The summed E-state index contributed by atoms with van der Waals surface area (Å²) in [5.41, 5.74) is 6.42. The number of aryl methyl sites for hydroxylation is 2. The van der Waals surface area contributed by atoms with Crippen LogP contribution in [0.5, 0.6) is 0 Å². The molecule has 0 aliphatic heterocycles. The van der Waals surface area contributed by atoms with E-state index in [0.717, 1.165) is 33.4 Å². The molecule has 0 atom stereocenters. The third-order valence-electron chi connectivity index (χ3n) is 3.46. The smallest absolute Gasteiger partial charge is 0.0961 e. The molecule has 0 saturated carbocycles. The van der Waals surface area contributed by atoms with Crippen LogP contribution in [0.3, 0.4) is 0 Å². The quantitative estimate of drug-likeness (QED) is 0.661. The van der Waals surface area contributed by atoms with Crippen molar-refractivity contribution < 1.29 is 0 Å². The Bertz CT molecular complexity index is 763. The molecule has 19 heavy (non-hydrogen) atoms. The van der Waals surface area contributed by atoms with Crippen molar-refractivity contribution >= 4 is 10.9 Å². The number of hydrogen-bond donors (Lipinski definition) is 0. The highest BCUT2D eigenvalue weighted by molar-refractivity contribution is 5.84. The minimum atomic E-state index is 0.947. The van der Waals surface area contributed by atoms with Gasteiger partial charge in [0.25, 0.3) is 0 Å². The van der Waals surface area contributed by atoms with E-state index in [-0.39, 0.29) is 0 Å². The SMILES string of the molecule is Cc1ccc2cc(-c3nncc(C)c3C)ccc2n1. The van der Waals surface area contributed by atoms with E-state index in [2.05, 4.69) is 47.2 Å². The molecule has 0 amide bonds. The molecule has 0 spiro atoms. The molecule has 3 heteroatoms. The second-order valence-corrected chi connectivity index (χ2v) is 4.86. The number of pyridine rings is 1. The van der Waals surface area contributed by atoms with Crippen molar-refractivity contribution in [1.29, 1.82) is 0 Å². The Hall–Kier alpha value is -2.29. The van der Waals surface area contributed by atoms with Crippen LogP contribution in [0.1, 0.15) is 16.8 Å². The van der Waals surface area contributed by atoms with Gasteiger partial charge in [0.2, 0.25) is 0 Å². The maximum Gasteiger partial charge on any atom is 0.0961 e. The van der Waals surface area contributed by atoms with Crippen LogP contribution in [0.4, 0.5) is 0 Å². The summed E-state index contributed by atoms with van der Waals surface area (Å²) in [5, 5.41) is 9.44. The fourth-order valence-electron chi connectivity index (χ4n) is 2.18. The fourth-order valence-corrected chi connectivity index (χ4v) is 2.18. The summed E-state index contributed by atoms with van der Waals surface area (Å²) >= 11 is 0. The van der Waals surface area contributed by atoms with Gasteiger partial charge in [-0.1, -0.05) is 12.1 Å². The summed E-state index contributed by atoms with van der Waals surface area (Å²) in [7, 11) is 0. The van der Waals surface area contributed by atoms with Gasteiger partial charge in [-0.15, -0.1) is 0 Å². The van der Waals surface area contributed by atoms with Gasteiger partial charge in [0, 0.05) is 16.6 Å². The highest BCUT2D eigenvalue weighted by atomic mass is 15.1. The number of aromatic nitrogens is 3. The van der Waals surface area contributed by atoms with Crippen LogP contribution in [0, 0.1) is 20.8 Å². The molecule has 0 saturated heterocycles. The summed E-state index contributed by atoms with van der Waals surface area (Å²) in [4.78, 5) is 4.51. The van der Waals surface area contributed by atoms with E-state index in [0.29, 0.717) is 0 Å². The zero-order valence-corrected chi connectivity index (χ0v) is 11.3. The predicted molar refractivity (Wildman–Crippen MR) is 77.0 cm³/mol. The lowest BCUT2D eigenvalue weighted by atomic mass is 10.0.